The number of benzene rings is 2. The molecule has 0 N–H and O–H groups in total. The second-order valence-electron chi connectivity index (χ2n) is 7.74. The predicted molar refractivity (Wildman–Crippen MR) is 114 cm³/mol. The van der Waals surface area contributed by atoms with Crippen LogP contribution in [0.4, 0.5) is 0 Å². The Kier molecular flexibility index (Phi) is 6.45. The fraction of sp³-hybridized carbons (Fsp3) is 0.333. The topological polar surface area (TPSA) is 75.0 Å². The minimum Gasteiger partial charge on any atom is -0.479 e. The standard InChI is InChI=1S/C24H26O6/c1-14(2)12-28-24(26)17(5)29-18-8-9-19-21(11-18)27-13-22(23(19)25)30-20-10-15(3)6-7-16(20)4/h6-11,13-14,17H,12H2,1-5H3/t17-/m0/s1. The largest absolute Gasteiger partial charge is 0.479 e. The molecule has 0 bridgehead atoms. The first-order valence-electron chi connectivity index (χ1n) is 9.88. The van der Waals surface area contributed by atoms with E-state index >= 15 is 0 Å². The van der Waals surface area contributed by atoms with E-state index < -0.39 is 12.1 Å². The highest BCUT2D eigenvalue weighted by Crippen LogP contribution is 2.27. The smallest absolute Gasteiger partial charge is 0.347 e. The first kappa shape index (κ1) is 21.4. The average Bonchev–Trinajstić information content (AvgIpc) is 2.70. The number of aryl methyl sites for hydroxylation is 2. The highest BCUT2D eigenvalue weighted by atomic mass is 16.6. The third-order valence-electron chi connectivity index (χ3n) is 4.48. The lowest BCUT2D eigenvalue weighted by Crippen LogP contribution is -2.27. The van der Waals surface area contributed by atoms with Gasteiger partial charge in [0.25, 0.3) is 0 Å². The molecule has 3 rings (SSSR count). The first-order valence-corrected chi connectivity index (χ1v) is 9.88. The summed E-state index contributed by atoms with van der Waals surface area (Å²) in [6.07, 6.45) is 0.510. The molecular formula is C24H26O6. The zero-order chi connectivity index (χ0) is 21.8. The van der Waals surface area contributed by atoms with E-state index in [9.17, 15) is 9.59 Å². The molecule has 1 heterocycles. The molecule has 3 aromatic rings. The summed E-state index contributed by atoms with van der Waals surface area (Å²) in [7, 11) is 0. The number of rotatable bonds is 7. The fourth-order valence-electron chi connectivity index (χ4n) is 2.79. The van der Waals surface area contributed by atoms with Crippen LogP contribution in [0.5, 0.6) is 17.2 Å². The van der Waals surface area contributed by atoms with E-state index in [0.717, 1.165) is 11.1 Å². The lowest BCUT2D eigenvalue weighted by atomic mass is 10.1. The Bertz CT molecular complexity index is 1110. The van der Waals surface area contributed by atoms with Crippen molar-refractivity contribution in [2.45, 2.75) is 40.7 Å². The van der Waals surface area contributed by atoms with E-state index in [-0.39, 0.29) is 17.1 Å². The van der Waals surface area contributed by atoms with Crippen molar-refractivity contribution in [1.82, 2.24) is 0 Å². The average molecular weight is 410 g/mol. The highest BCUT2D eigenvalue weighted by molar-refractivity contribution is 5.79. The third-order valence-corrected chi connectivity index (χ3v) is 4.48. The molecule has 6 heteroatoms. The third kappa shape index (κ3) is 5.00. The van der Waals surface area contributed by atoms with E-state index in [0.29, 0.717) is 29.1 Å². The summed E-state index contributed by atoms with van der Waals surface area (Å²) in [6, 6.07) is 10.6. The van der Waals surface area contributed by atoms with Crippen molar-refractivity contribution in [3.63, 3.8) is 0 Å². The maximum absolute atomic E-state index is 12.8. The van der Waals surface area contributed by atoms with Gasteiger partial charge in [-0.2, -0.15) is 0 Å². The first-order chi connectivity index (χ1) is 14.2. The normalized spacial score (nSPS) is 12.1. The summed E-state index contributed by atoms with van der Waals surface area (Å²) < 4.78 is 22.2. The van der Waals surface area contributed by atoms with E-state index in [1.54, 1.807) is 25.1 Å². The molecule has 6 nitrogen and oxygen atoms in total. The van der Waals surface area contributed by atoms with Crippen LogP contribution in [0.15, 0.2) is 51.9 Å². The van der Waals surface area contributed by atoms with Crippen LogP contribution in [0.2, 0.25) is 0 Å². The Labute approximate surface area is 175 Å². The van der Waals surface area contributed by atoms with Crippen LogP contribution >= 0.6 is 0 Å². The van der Waals surface area contributed by atoms with Crippen molar-refractivity contribution in [2.24, 2.45) is 5.92 Å². The van der Waals surface area contributed by atoms with E-state index in [1.165, 1.54) is 6.26 Å². The quantitative estimate of drug-likeness (QED) is 0.500. The summed E-state index contributed by atoms with van der Waals surface area (Å²) in [6.45, 7) is 9.74. The summed E-state index contributed by atoms with van der Waals surface area (Å²) in [5.41, 5.74) is 2.01. The Morgan fingerprint density at radius 1 is 1.03 bits per heavy atom. The maximum atomic E-state index is 12.8. The van der Waals surface area contributed by atoms with Crippen molar-refractivity contribution in [1.29, 1.82) is 0 Å². The van der Waals surface area contributed by atoms with Gasteiger partial charge in [-0.25, -0.2) is 4.79 Å². The van der Waals surface area contributed by atoms with Crippen LogP contribution in [-0.2, 0) is 9.53 Å². The molecule has 0 radical (unpaired) electrons. The minimum absolute atomic E-state index is 0.107. The van der Waals surface area contributed by atoms with Crippen LogP contribution in [-0.4, -0.2) is 18.7 Å². The maximum Gasteiger partial charge on any atom is 0.347 e. The summed E-state index contributed by atoms with van der Waals surface area (Å²) in [4.78, 5) is 24.8. The van der Waals surface area contributed by atoms with Gasteiger partial charge in [-0.1, -0.05) is 26.0 Å². The number of carbonyl (C=O) groups excluding carboxylic acids is 1. The molecule has 0 amide bonds. The number of hydrogen-bond acceptors (Lipinski definition) is 6. The molecular weight excluding hydrogens is 384 g/mol. The summed E-state index contributed by atoms with van der Waals surface area (Å²) >= 11 is 0. The predicted octanol–water partition coefficient (Wildman–Crippen LogP) is 5.17. The van der Waals surface area contributed by atoms with Gasteiger partial charge in [0.15, 0.2) is 6.10 Å². The lowest BCUT2D eigenvalue weighted by molar-refractivity contribution is -0.152. The number of esters is 1. The second kappa shape index (κ2) is 9.03. The lowest BCUT2D eigenvalue weighted by Gasteiger charge is -2.15. The zero-order valence-electron chi connectivity index (χ0n) is 17.9. The summed E-state index contributed by atoms with van der Waals surface area (Å²) in [5, 5.41) is 0.361. The Balaban J connectivity index is 1.80. The molecule has 2 aromatic carbocycles. The number of ether oxygens (including phenoxy) is 3. The van der Waals surface area contributed by atoms with Gasteiger partial charge in [-0.05, 0) is 56.0 Å². The monoisotopic (exact) mass is 410 g/mol. The molecule has 30 heavy (non-hydrogen) atoms. The van der Waals surface area contributed by atoms with E-state index in [4.69, 9.17) is 18.6 Å². The van der Waals surface area contributed by atoms with Gasteiger partial charge in [0, 0.05) is 6.07 Å². The van der Waals surface area contributed by atoms with Crippen LogP contribution in [0, 0.1) is 19.8 Å². The molecule has 0 saturated carbocycles. The van der Waals surface area contributed by atoms with Gasteiger partial charge in [-0.15, -0.1) is 0 Å². The van der Waals surface area contributed by atoms with Gasteiger partial charge in [0.05, 0.1) is 12.0 Å². The van der Waals surface area contributed by atoms with Gasteiger partial charge >= 0.3 is 5.97 Å². The van der Waals surface area contributed by atoms with Crippen molar-refractivity contribution in [3.05, 3.63) is 64.0 Å². The van der Waals surface area contributed by atoms with Crippen molar-refractivity contribution in [3.8, 4) is 17.2 Å². The Morgan fingerprint density at radius 3 is 2.53 bits per heavy atom. The summed E-state index contributed by atoms with van der Waals surface area (Å²) in [5.74, 6) is 0.923. The molecule has 0 spiro atoms. The molecule has 0 unspecified atom stereocenters. The molecule has 0 aliphatic carbocycles. The van der Waals surface area contributed by atoms with Crippen LogP contribution in [0.3, 0.4) is 0 Å². The van der Waals surface area contributed by atoms with Crippen LogP contribution in [0.25, 0.3) is 11.0 Å². The second-order valence-corrected chi connectivity index (χ2v) is 7.74. The fourth-order valence-corrected chi connectivity index (χ4v) is 2.79. The Hall–Kier alpha value is -3.28. The minimum atomic E-state index is -0.778. The number of carbonyl (C=O) groups is 1. The number of hydrogen-bond donors (Lipinski definition) is 0. The molecule has 1 aromatic heterocycles. The van der Waals surface area contributed by atoms with Crippen LogP contribution in [0.1, 0.15) is 31.9 Å². The molecule has 1 atom stereocenters. The molecule has 0 aliphatic rings. The van der Waals surface area contributed by atoms with E-state index in [2.05, 4.69) is 0 Å². The SMILES string of the molecule is Cc1ccc(C)c(Oc2coc3cc(O[C@@H](C)C(=O)OCC(C)C)ccc3c2=O)c1. The van der Waals surface area contributed by atoms with Gasteiger partial charge < -0.3 is 18.6 Å². The zero-order valence-corrected chi connectivity index (χ0v) is 17.9. The van der Waals surface area contributed by atoms with Crippen LogP contribution < -0.4 is 14.9 Å². The van der Waals surface area contributed by atoms with Gasteiger partial charge in [0.2, 0.25) is 11.2 Å². The van der Waals surface area contributed by atoms with E-state index in [1.807, 2.05) is 45.9 Å². The van der Waals surface area contributed by atoms with Gasteiger partial charge in [0.1, 0.15) is 23.3 Å². The Morgan fingerprint density at radius 2 is 1.80 bits per heavy atom. The number of fused-ring (bicyclic) bond motifs is 1. The highest BCUT2D eigenvalue weighted by Gasteiger charge is 2.18. The van der Waals surface area contributed by atoms with Crippen molar-refractivity contribution in [2.75, 3.05) is 6.61 Å². The van der Waals surface area contributed by atoms with Gasteiger partial charge in [-0.3, -0.25) is 4.79 Å². The molecule has 0 aliphatic heterocycles. The molecule has 0 saturated heterocycles. The molecule has 158 valence electrons. The van der Waals surface area contributed by atoms with Crippen molar-refractivity contribution >= 4 is 16.9 Å². The van der Waals surface area contributed by atoms with Crippen molar-refractivity contribution < 1.29 is 23.4 Å². The molecule has 0 fully saturated rings.